The van der Waals surface area contributed by atoms with E-state index in [0.29, 0.717) is 32.2 Å². The number of hydrogen-bond acceptors (Lipinski definition) is 3. The molecule has 7 heteroatoms. The van der Waals surface area contributed by atoms with Gasteiger partial charge < -0.3 is 15.4 Å². The Morgan fingerprint density at radius 2 is 1.48 bits per heavy atom. The van der Waals surface area contributed by atoms with Gasteiger partial charge in [-0.3, -0.25) is 9.59 Å². The van der Waals surface area contributed by atoms with E-state index >= 15 is 0 Å². The van der Waals surface area contributed by atoms with Crippen molar-refractivity contribution in [2.45, 2.75) is 13.0 Å². The molecule has 0 fully saturated rings. The van der Waals surface area contributed by atoms with Crippen molar-refractivity contribution in [1.29, 1.82) is 0 Å². The average Bonchev–Trinajstić information content (AvgIpc) is 2.71. The minimum atomic E-state index is -0.732. The molecule has 29 heavy (non-hydrogen) atoms. The van der Waals surface area contributed by atoms with Crippen LogP contribution in [0.25, 0.3) is 0 Å². The van der Waals surface area contributed by atoms with E-state index in [2.05, 4.69) is 26.6 Å². The molecule has 2 amide bonds. The second-order valence-corrected chi connectivity index (χ2v) is 7.45. The molecule has 3 aromatic rings. The molecule has 2 N–H and O–H groups in total. The number of amides is 2. The summed E-state index contributed by atoms with van der Waals surface area (Å²) < 4.78 is 6.33. The smallest absolute Gasteiger partial charge is 0.265 e. The molecule has 5 nitrogen and oxygen atoms in total. The van der Waals surface area contributed by atoms with Gasteiger partial charge in [-0.1, -0.05) is 35.9 Å². The van der Waals surface area contributed by atoms with E-state index < -0.39 is 6.10 Å². The number of nitrogens with one attached hydrogen (secondary N) is 2. The van der Waals surface area contributed by atoms with Crippen LogP contribution in [0.1, 0.15) is 17.3 Å². The lowest BCUT2D eigenvalue weighted by molar-refractivity contribution is -0.122. The van der Waals surface area contributed by atoms with Gasteiger partial charge in [-0.15, -0.1) is 0 Å². The topological polar surface area (TPSA) is 67.4 Å². The molecule has 0 aliphatic heterocycles. The molecule has 0 spiro atoms. The normalized spacial score (nSPS) is 11.4. The first-order valence-electron chi connectivity index (χ1n) is 8.82. The van der Waals surface area contributed by atoms with Crippen LogP contribution in [-0.2, 0) is 4.79 Å². The van der Waals surface area contributed by atoms with Crippen LogP contribution in [0.4, 0.5) is 11.4 Å². The van der Waals surface area contributed by atoms with Crippen LogP contribution < -0.4 is 15.4 Å². The quantitative estimate of drug-likeness (QED) is 0.478. The van der Waals surface area contributed by atoms with Crippen LogP contribution in [0, 0.1) is 0 Å². The third-order valence-corrected chi connectivity index (χ3v) is 5.04. The zero-order chi connectivity index (χ0) is 20.8. The molecule has 148 valence electrons. The SMILES string of the molecule is CC(Oc1ccccc1Cl)C(=O)Nc1ccc(NC(=O)c2ccccc2Br)cc1. The van der Waals surface area contributed by atoms with E-state index in [-0.39, 0.29) is 11.8 Å². The average molecular weight is 474 g/mol. The second kappa shape index (κ2) is 9.58. The molecule has 1 atom stereocenters. The number of hydrogen-bond donors (Lipinski definition) is 2. The minimum Gasteiger partial charge on any atom is -0.479 e. The number of para-hydroxylation sites is 1. The number of benzene rings is 3. The van der Waals surface area contributed by atoms with Crippen LogP contribution in [0.3, 0.4) is 0 Å². The van der Waals surface area contributed by atoms with Crippen molar-refractivity contribution in [2.24, 2.45) is 0 Å². The van der Waals surface area contributed by atoms with Crippen molar-refractivity contribution >= 4 is 50.7 Å². The Bertz CT molecular complexity index is 1020. The maximum absolute atomic E-state index is 12.4. The first kappa shape index (κ1) is 20.9. The standard InChI is InChI=1S/C22H18BrClN2O3/c1-14(29-20-9-5-4-8-19(20)24)21(27)25-15-10-12-16(13-11-15)26-22(28)17-6-2-3-7-18(17)23/h2-14H,1H3,(H,25,27)(H,26,28). The fourth-order valence-corrected chi connectivity index (χ4v) is 3.15. The van der Waals surface area contributed by atoms with Gasteiger partial charge in [-0.25, -0.2) is 0 Å². The van der Waals surface area contributed by atoms with E-state index in [0.717, 1.165) is 0 Å². The predicted molar refractivity (Wildman–Crippen MR) is 119 cm³/mol. The third-order valence-electron chi connectivity index (χ3n) is 4.04. The number of carbonyl (C=O) groups is 2. The maximum atomic E-state index is 12.4. The van der Waals surface area contributed by atoms with Gasteiger partial charge in [0.1, 0.15) is 5.75 Å². The minimum absolute atomic E-state index is 0.226. The summed E-state index contributed by atoms with van der Waals surface area (Å²) in [6.45, 7) is 1.64. The Balaban J connectivity index is 1.58. The number of rotatable bonds is 6. The van der Waals surface area contributed by atoms with Gasteiger partial charge in [0.2, 0.25) is 0 Å². The summed E-state index contributed by atoms with van der Waals surface area (Å²) in [5.74, 6) is -0.0899. The Morgan fingerprint density at radius 3 is 2.14 bits per heavy atom. The molecular weight excluding hydrogens is 456 g/mol. The molecule has 0 radical (unpaired) electrons. The largest absolute Gasteiger partial charge is 0.479 e. The number of anilines is 2. The Morgan fingerprint density at radius 1 is 0.897 bits per heavy atom. The van der Waals surface area contributed by atoms with Gasteiger partial charge in [0, 0.05) is 15.8 Å². The van der Waals surface area contributed by atoms with Gasteiger partial charge in [-0.05, 0) is 71.4 Å². The Hall–Kier alpha value is -2.83. The van der Waals surface area contributed by atoms with E-state index in [4.69, 9.17) is 16.3 Å². The third kappa shape index (κ3) is 5.59. The van der Waals surface area contributed by atoms with E-state index in [9.17, 15) is 9.59 Å². The fourth-order valence-electron chi connectivity index (χ4n) is 2.51. The van der Waals surface area contributed by atoms with Crippen molar-refractivity contribution < 1.29 is 14.3 Å². The molecule has 0 bridgehead atoms. The number of carbonyl (C=O) groups excluding carboxylic acids is 2. The van der Waals surface area contributed by atoms with Crippen molar-refractivity contribution in [3.8, 4) is 5.75 Å². The van der Waals surface area contributed by atoms with Crippen molar-refractivity contribution in [1.82, 2.24) is 0 Å². The molecule has 1 unspecified atom stereocenters. The van der Waals surface area contributed by atoms with Gasteiger partial charge in [0.25, 0.3) is 11.8 Å². The summed E-state index contributed by atoms with van der Waals surface area (Å²) in [5.41, 5.74) is 1.74. The highest BCUT2D eigenvalue weighted by molar-refractivity contribution is 9.10. The summed E-state index contributed by atoms with van der Waals surface area (Å²) in [6.07, 6.45) is -0.732. The summed E-state index contributed by atoms with van der Waals surface area (Å²) in [5, 5.41) is 6.04. The summed E-state index contributed by atoms with van der Waals surface area (Å²) in [4.78, 5) is 24.7. The Labute approximate surface area is 182 Å². The predicted octanol–water partition coefficient (Wildman–Crippen LogP) is 5.76. The van der Waals surface area contributed by atoms with Crippen molar-refractivity contribution in [3.63, 3.8) is 0 Å². The van der Waals surface area contributed by atoms with Crippen LogP contribution in [0.5, 0.6) is 5.75 Å². The zero-order valence-electron chi connectivity index (χ0n) is 15.5. The van der Waals surface area contributed by atoms with Crippen LogP contribution >= 0.6 is 27.5 Å². The summed E-state index contributed by atoms with van der Waals surface area (Å²) in [6, 6.07) is 21.0. The maximum Gasteiger partial charge on any atom is 0.265 e. The summed E-state index contributed by atoms with van der Waals surface area (Å²) >= 11 is 9.41. The number of halogens is 2. The van der Waals surface area contributed by atoms with E-state index in [1.807, 2.05) is 6.07 Å². The molecule has 0 aliphatic rings. The first-order valence-corrected chi connectivity index (χ1v) is 9.99. The fraction of sp³-hybridized carbons (Fsp3) is 0.0909. The molecule has 0 saturated heterocycles. The van der Waals surface area contributed by atoms with E-state index in [1.165, 1.54) is 0 Å². The Kier molecular flexibility index (Phi) is 6.90. The lowest BCUT2D eigenvalue weighted by atomic mass is 10.2. The van der Waals surface area contributed by atoms with Crippen molar-refractivity contribution in [3.05, 3.63) is 87.9 Å². The zero-order valence-corrected chi connectivity index (χ0v) is 17.8. The van der Waals surface area contributed by atoms with Gasteiger partial charge in [0.15, 0.2) is 6.10 Å². The second-order valence-electron chi connectivity index (χ2n) is 6.19. The van der Waals surface area contributed by atoms with Gasteiger partial charge in [-0.2, -0.15) is 0 Å². The number of ether oxygens (including phenoxy) is 1. The highest BCUT2D eigenvalue weighted by Gasteiger charge is 2.16. The lowest BCUT2D eigenvalue weighted by Crippen LogP contribution is -2.30. The first-order chi connectivity index (χ1) is 13.9. The molecule has 0 saturated carbocycles. The molecule has 3 rings (SSSR count). The van der Waals surface area contributed by atoms with Crippen LogP contribution in [-0.4, -0.2) is 17.9 Å². The lowest BCUT2D eigenvalue weighted by Gasteiger charge is -2.16. The molecule has 0 aliphatic carbocycles. The van der Waals surface area contributed by atoms with Crippen molar-refractivity contribution in [2.75, 3.05) is 10.6 Å². The summed E-state index contributed by atoms with van der Waals surface area (Å²) in [7, 11) is 0. The van der Waals surface area contributed by atoms with Gasteiger partial charge in [0.05, 0.1) is 10.6 Å². The highest BCUT2D eigenvalue weighted by Crippen LogP contribution is 2.24. The van der Waals surface area contributed by atoms with E-state index in [1.54, 1.807) is 73.7 Å². The van der Waals surface area contributed by atoms with Crippen LogP contribution in [0.2, 0.25) is 5.02 Å². The monoisotopic (exact) mass is 472 g/mol. The highest BCUT2D eigenvalue weighted by atomic mass is 79.9. The van der Waals surface area contributed by atoms with Gasteiger partial charge >= 0.3 is 0 Å². The molecule has 0 heterocycles. The van der Waals surface area contributed by atoms with Crippen LogP contribution in [0.15, 0.2) is 77.3 Å². The molecule has 3 aromatic carbocycles. The molecule has 0 aromatic heterocycles. The molecular formula is C22H18BrClN2O3.